The number of fused-ring (bicyclic) bond motifs is 1. The molecule has 0 fully saturated rings. The van der Waals surface area contributed by atoms with Crippen LogP contribution in [0.5, 0.6) is 5.75 Å². The van der Waals surface area contributed by atoms with Crippen molar-refractivity contribution in [2.24, 2.45) is 0 Å². The van der Waals surface area contributed by atoms with Gasteiger partial charge in [-0.05, 0) is 26.0 Å². The van der Waals surface area contributed by atoms with E-state index in [4.69, 9.17) is 4.74 Å². The van der Waals surface area contributed by atoms with Crippen LogP contribution < -0.4 is 0 Å². The number of carbonyl (C=O) groups is 2. The molecule has 88 valence electrons. The highest BCUT2D eigenvalue weighted by molar-refractivity contribution is 6.26. The number of ether oxygens (including phenoxy) is 1. The molecule has 0 bridgehead atoms. The van der Waals surface area contributed by atoms with E-state index in [-0.39, 0.29) is 39.8 Å². The zero-order valence-electron chi connectivity index (χ0n) is 9.61. The van der Waals surface area contributed by atoms with E-state index in [1.165, 1.54) is 25.1 Å². The monoisotopic (exact) mass is 232 g/mol. The van der Waals surface area contributed by atoms with Crippen molar-refractivity contribution in [1.82, 2.24) is 0 Å². The predicted molar refractivity (Wildman–Crippen MR) is 61.1 cm³/mol. The van der Waals surface area contributed by atoms with Crippen molar-refractivity contribution in [3.8, 4) is 5.75 Å². The van der Waals surface area contributed by atoms with Crippen LogP contribution in [-0.2, 0) is 4.74 Å². The van der Waals surface area contributed by atoms with Gasteiger partial charge in [0.15, 0.2) is 11.5 Å². The molecule has 4 heteroatoms. The Kier molecular flexibility index (Phi) is 2.71. The first kappa shape index (κ1) is 11.4. The molecule has 0 unspecified atom stereocenters. The minimum Gasteiger partial charge on any atom is -0.507 e. The van der Waals surface area contributed by atoms with Gasteiger partial charge in [-0.3, -0.25) is 9.59 Å². The maximum atomic E-state index is 12.1. The van der Waals surface area contributed by atoms with Gasteiger partial charge in [-0.2, -0.15) is 0 Å². The average molecular weight is 232 g/mol. The first-order valence-corrected chi connectivity index (χ1v) is 5.33. The van der Waals surface area contributed by atoms with Crippen LogP contribution in [0.3, 0.4) is 0 Å². The summed E-state index contributed by atoms with van der Waals surface area (Å²) in [6.45, 7) is 3.59. The number of hydrogen-bond donors (Lipinski definition) is 1. The van der Waals surface area contributed by atoms with Crippen molar-refractivity contribution in [3.05, 3.63) is 40.7 Å². The molecule has 2 rings (SSSR count). The second-order valence-electron chi connectivity index (χ2n) is 3.75. The van der Waals surface area contributed by atoms with Crippen LogP contribution in [-0.4, -0.2) is 23.3 Å². The van der Waals surface area contributed by atoms with Gasteiger partial charge in [0.2, 0.25) is 5.78 Å². The number of hydrogen-bond acceptors (Lipinski definition) is 4. The van der Waals surface area contributed by atoms with Crippen LogP contribution in [0.25, 0.3) is 0 Å². The molecule has 0 saturated carbocycles. The third-order valence-electron chi connectivity index (χ3n) is 2.69. The molecule has 17 heavy (non-hydrogen) atoms. The Morgan fingerprint density at radius 3 is 2.59 bits per heavy atom. The van der Waals surface area contributed by atoms with E-state index in [9.17, 15) is 14.7 Å². The lowest BCUT2D eigenvalue weighted by molar-refractivity contribution is 0.0879. The van der Waals surface area contributed by atoms with Gasteiger partial charge in [0.1, 0.15) is 5.75 Å². The molecule has 1 N–H and O–H groups in total. The predicted octanol–water partition coefficient (Wildman–Crippen LogP) is 2.08. The first-order chi connectivity index (χ1) is 8.07. The Hall–Kier alpha value is -2.10. The molecule has 0 radical (unpaired) electrons. The number of aromatic hydroxyl groups is 1. The molecule has 0 atom stereocenters. The molecule has 4 nitrogen and oxygen atoms in total. The van der Waals surface area contributed by atoms with Gasteiger partial charge in [-0.25, -0.2) is 0 Å². The van der Waals surface area contributed by atoms with Crippen LogP contribution >= 0.6 is 0 Å². The largest absolute Gasteiger partial charge is 0.507 e. The van der Waals surface area contributed by atoms with Crippen LogP contribution in [0, 0.1) is 0 Å². The fraction of sp³-hybridized carbons (Fsp3) is 0.231. The molecule has 1 aromatic carbocycles. The van der Waals surface area contributed by atoms with E-state index in [0.717, 1.165) is 0 Å². The van der Waals surface area contributed by atoms with Gasteiger partial charge in [-0.1, -0.05) is 6.07 Å². The molecule has 0 aliphatic heterocycles. The normalized spacial score (nSPS) is 14.9. The number of Topliss-reactive ketones (excluding diaryl/α,β-unsaturated/α-hetero) is 2. The zero-order chi connectivity index (χ0) is 12.6. The minimum atomic E-state index is -0.360. The topological polar surface area (TPSA) is 63.6 Å². The van der Waals surface area contributed by atoms with Crippen LogP contribution in [0.4, 0.5) is 0 Å². The second-order valence-corrected chi connectivity index (χ2v) is 3.75. The summed E-state index contributed by atoms with van der Waals surface area (Å²) in [4.78, 5) is 24.1. The molecular weight excluding hydrogens is 220 g/mol. The van der Waals surface area contributed by atoms with Crippen molar-refractivity contribution in [1.29, 1.82) is 0 Å². The molecule has 1 aliphatic rings. The Bertz CT molecular complexity index is 540. The van der Waals surface area contributed by atoms with Gasteiger partial charge in [0.05, 0.1) is 12.2 Å². The summed E-state index contributed by atoms with van der Waals surface area (Å²) in [5, 5.41) is 9.64. The summed E-state index contributed by atoms with van der Waals surface area (Å²) in [6.07, 6.45) is 0. The van der Waals surface area contributed by atoms with Crippen molar-refractivity contribution in [3.63, 3.8) is 0 Å². The van der Waals surface area contributed by atoms with E-state index in [2.05, 4.69) is 0 Å². The summed E-state index contributed by atoms with van der Waals surface area (Å²) in [5.41, 5.74) is 0.508. The van der Waals surface area contributed by atoms with Crippen molar-refractivity contribution < 1.29 is 19.4 Å². The van der Waals surface area contributed by atoms with Gasteiger partial charge >= 0.3 is 0 Å². The van der Waals surface area contributed by atoms with E-state index in [1.807, 2.05) is 0 Å². The molecule has 0 heterocycles. The number of phenols is 1. The minimum absolute atomic E-state index is 0.0680. The third-order valence-corrected chi connectivity index (χ3v) is 2.69. The highest BCUT2D eigenvalue weighted by Crippen LogP contribution is 2.32. The maximum Gasteiger partial charge on any atom is 0.228 e. The van der Waals surface area contributed by atoms with Gasteiger partial charge in [0, 0.05) is 11.1 Å². The number of carbonyl (C=O) groups excluding carboxylic acids is 2. The molecular formula is C13H12O4. The number of phenolic OH excluding ortho intramolecular Hbond substituents is 1. The SMILES string of the molecule is CCOC1=C(C)C(=O)c2c(O)cccc2C1=O. The molecule has 1 aliphatic carbocycles. The molecule has 0 saturated heterocycles. The summed E-state index contributed by atoms with van der Waals surface area (Å²) in [5.74, 6) is -0.803. The highest BCUT2D eigenvalue weighted by Gasteiger charge is 2.32. The summed E-state index contributed by atoms with van der Waals surface area (Å²) in [7, 11) is 0. The fourth-order valence-electron chi connectivity index (χ4n) is 1.87. The third kappa shape index (κ3) is 1.62. The lowest BCUT2D eigenvalue weighted by atomic mass is 9.88. The molecule has 0 amide bonds. The number of allylic oxidation sites excluding steroid dienone is 2. The standard InChI is InChI=1S/C13H12O4/c1-3-17-13-7(2)11(15)10-8(12(13)16)5-4-6-9(10)14/h4-6,14H,3H2,1-2H3. The maximum absolute atomic E-state index is 12.1. The van der Waals surface area contributed by atoms with Crippen molar-refractivity contribution >= 4 is 11.6 Å². The lowest BCUT2D eigenvalue weighted by Crippen LogP contribution is -2.22. The quantitative estimate of drug-likeness (QED) is 0.847. The van der Waals surface area contributed by atoms with Crippen molar-refractivity contribution in [2.45, 2.75) is 13.8 Å². The van der Waals surface area contributed by atoms with Gasteiger partial charge < -0.3 is 9.84 Å². The fourth-order valence-corrected chi connectivity index (χ4v) is 1.87. The average Bonchev–Trinajstić information content (AvgIpc) is 2.31. The smallest absolute Gasteiger partial charge is 0.228 e. The summed E-state index contributed by atoms with van der Waals surface area (Å²) < 4.78 is 5.20. The highest BCUT2D eigenvalue weighted by atomic mass is 16.5. The van der Waals surface area contributed by atoms with Crippen molar-refractivity contribution in [2.75, 3.05) is 6.61 Å². The Balaban J connectivity index is 2.65. The molecule has 0 spiro atoms. The number of benzene rings is 1. The van der Waals surface area contributed by atoms with E-state index < -0.39 is 0 Å². The zero-order valence-corrected chi connectivity index (χ0v) is 9.61. The Morgan fingerprint density at radius 1 is 1.24 bits per heavy atom. The molecule has 1 aromatic rings. The summed E-state index contributed by atoms with van der Waals surface area (Å²) in [6, 6.07) is 4.44. The summed E-state index contributed by atoms with van der Waals surface area (Å²) >= 11 is 0. The number of rotatable bonds is 2. The Morgan fingerprint density at radius 2 is 1.94 bits per heavy atom. The van der Waals surface area contributed by atoms with Gasteiger partial charge in [-0.15, -0.1) is 0 Å². The second kappa shape index (κ2) is 4.05. The first-order valence-electron chi connectivity index (χ1n) is 5.33. The van der Waals surface area contributed by atoms with Crippen LogP contribution in [0.2, 0.25) is 0 Å². The van der Waals surface area contributed by atoms with Crippen LogP contribution in [0.1, 0.15) is 34.6 Å². The van der Waals surface area contributed by atoms with E-state index in [0.29, 0.717) is 6.61 Å². The lowest BCUT2D eigenvalue weighted by Gasteiger charge is -2.19. The molecule has 0 aromatic heterocycles. The number of ketones is 2. The van der Waals surface area contributed by atoms with Gasteiger partial charge in [0.25, 0.3) is 0 Å². The van der Waals surface area contributed by atoms with Crippen LogP contribution in [0.15, 0.2) is 29.5 Å². The van der Waals surface area contributed by atoms with E-state index in [1.54, 1.807) is 6.92 Å². The Labute approximate surface area is 98.5 Å². The van der Waals surface area contributed by atoms with E-state index >= 15 is 0 Å².